The maximum absolute atomic E-state index is 12.7. The van der Waals surface area contributed by atoms with Crippen molar-refractivity contribution in [1.82, 2.24) is 4.57 Å². The topological polar surface area (TPSA) is 34.0 Å². The minimum absolute atomic E-state index is 0.0696. The van der Waals surface area contributed by atoms with Crippen LogP contribution in [0.2, 0.25) is 0 Å². The van der Waals surface area contributed by atoms with Gasteiger partial charge in [0.05, 0.1) is 11.1 Å². The van der Waals surface area contributed by atoms with Gasteiger partial charge in [0.25, 0.3) is 5.91 Å². The van der Waals surface area contributed by atoms with Crippen molar-refractivity contribution in [2.24, 2.45) is 7.05 Å². The fraction of sp³-hybridized carbons (Fsp3) is 0.167. The number of fused-ring (bicyclic) bond motifs is 1. The number of hydrogen-bond acceptors (Lipinski definition) is 1. The lowest BCUT2D eigenvalue weighted by atomic mass is 10.1. The Bertz CT molecular complexity index is 810. The number of amides is 1. The highest BCUT2D eigenvalue weighted by molar-refractivity contribution is 6.12. The molecule has 0 atom stereocenters. The first-order chi connectivity index (χ1) is 10.1. The van der Waals surface area contributed by atoms with Gasteiger partial charge in [-0.05, 0) is 37.1 Å². The van der Waals surface area contributed by atoms with Crippen molar-refractivity contribution >= 4 is 22.5 Å². The van der Waals surface area contributed by atoms with E-state index in [0.717, 1.165) is 27.7 Å². The molecule has 1 aromatic heterocycles. The van der Waals surface area contributed by atoms with Crippen molar-refractivity contribution in [3.8, 4) is 0 Å². The molecule has 21 heavy (non-hydrogen) atoms. The van der Waals surface area contributed by atoms with Crippen LogP contribution in [0.25, 0.3) is 10.9 Å². The summed E-state index contributed by atoms with van der Waals surface area (Å²) in [6.07, 6.45) is 1.97. The van der Waals surface area contributed by atoms with Crippen LogP contribution in [0.15, 0.2) is 48.7 Å². The van der Waals surface area contributed by atoms with Crippen LogP contribution in [0.4, 0.5) is 5.69 Å². The van der Waals surface area contributed by atoms with Gasteiger partial charge in [-0.25, -0.2) is 0 Å². The molecule has 1 amide bonds. The Morgan fingerprint density at radius 3 is 2.38 bits per heavy atom. The molecular weight excluding hydrogens is 260 g/mol. The Morgan fingerprint density at radius 1 is 1.00 bits per heavy atom. The summed E-state index contributed by atoms with van der Waals surface area (Å²) in [6.45, 7) is 4.01. The maximum atomic E-state index is 12.7. The molecule has 0 fully saturated rings. The predicted octanol–water partition coefficient (Wildman–Crippen LogP) is 4.05. The van der Waals surface area contributed by atoms with Crippen LogP contribution >= 0.6 is 0 Å². The van der Waals surface area contributed by atoms with Crippen LogP contribution in [-0.4, -0.2) is 10.5 Å². The summed E-state index contributed by atoms with van der Waals surface area (Å²) < 4.78 is 1.98. The number of nitrogens with one attached hydrogen (secondary N) is 1. The van der Waals surface area contributed by atoms with Gasteiger partial charge in [-0.15, -0.1) is 0 Å². The van der Waals surface area contributed by atoms with Gasteiger partial charge in [0.15, 0.2) is 0 Å². The number of aromatic nitrogens is 1. The van der Waals surface area contributed by atoms with Crippen molar-refractivity contribution in [3.05, 3.63) is 65.4 Å². The molecule has 0 saturated carbocycles. The monoisotopic (exact) mass is 278 g/mol. The number of aryl methyl sites for hydroxylation is 3. The van der Waals surface area contributed by atoms with E-state index in [-0.39, 0.29) is 5.91 Å². The lowest BCUT2D eigenvalue weighted by molar-refractivity contribution is 0.102. The smallest absolute Gasteiger partial charge is 0.257 e. The van der Waals surface area contributed by atoms with Crippen LogP contribution in [0, 0.1) is 13.8 Å². The maximum Gasteiger partial charge on any atom is 0.257 e. The second-order valence-electron chi connectivity index (χ2n) is 5.39. The van der Waals surface area contributed by atoms with Crippen LogP contribution in [-0.2, 0) is 7.05 Å². The van der Waals surface area contributed by atoms with Crippen LogP contribution in [0.1, 0.15) is 21.5 Å². The second kappa shape index (κ2) is 5.09. The van der Waals surface area contributed by atoms with Gasteiger partial charge in [0.2, 0.25) is 0 Å². The zero-order valence-electron chi connectivity index (χ0n) is 12.5. The summed E-state index contributed by atoms with van der Waals surface area (Å²) >= 11 is 0. The Hall–Kier alpha value is -2.55. The zero-order valence-corrected chi connectivity index (χ0v) is 12.5. The summed E-state index contributed by atoms with van der Waals surface area (Å²) in [5.41, 5.74) is 4.70. The Labute approximate surface area is 124 Å². The average molecular weight is 278 g/mol. The molecule has 0 spiro atoms. The molecule has 1 N–H and O–H groups in total. The largest absolute Gasteiger partial charge is 0.350 e. The summed E-state index contributed by atoms with van der Waals surface area (Å²) in [4.78, 5) is 12.7. The van der Waals surface area contributed by atoms with E-state index in [9.17, 15) is 4.79 Å². The van der Waals surface area contributed by atoms with Gasteiger partial charge >= 0.3 is 0 Å². The van der Waals surface area contributed by atoms with E-state index in [1.807, 2.05) is 74.1 Å². The standard InChI is InChI=1S/C18H18N2O/c1-12-6-4-7-13(2)16(12)19-18(21)15-9-5-8-14-10-11-20(3)17(14)15/h4-11H,1-3H3,(H,19,21). The first-order valence-electron chi connectivity index (χ1n) is 6.99. The molecule has 1 heterocycles. The van der Waals surface area contributed by atoms with Gasteiger partial charge < -0.3 is 9.88 Å². The minimum atomic E-state index is -0.0696. The molecule has 0 radical (unpaired) electrons. The summed E-state index contributed by atoms with van der Waals surface area (Å²) in [7, 11) is 1.96. The third-order valence-corrected chi connectivity index (χ3v) is 3.86. The van der Waals surface area contributed by atoms with Gasteiger partial charge in [0, 0.05) is 24.3 Å². The van der Waals surface area contributed by atoms with E-state index in [1.165, 1.54) is 0 Å². The molecular formula is C18H18N2O. The third-order valence-electron chi connectivity index (χ3n) is 3.86. The van der Waals surface area contributed by atoms with Crippen molar-refractivity contribution in [2.75, 3.05) is 5.32 Å². The van der Waals surface area contributed by atoms with Gasteiger partial charge in [0.1, 0.15) is 0 Å². The van der Waals surface area contributed by atoms with Gasteiger partial charge in [-0.3, -0.25) is 4.79 Å². The molecule has 3 rings (SSSR count). The van der Waals surface area contributed by atoms with Crippen LogP contribution in [0.5, 0.6) is 0 Å². The summed E-state index contributed by atoms with van der Waals surface area (Å²) in [5, 5.41) is 4.13. The third kappa shape index (κ3) is 2.31. The molecule has 0 bridgehead atoms. The van der Waals surface area contributed by atoms with Crippen molar-refractivity contribution in [1.29, 1.82) is 0 Å². The number of carbonyl (C=O) groups is 1. The quantitative estimate of drug-likeness (QED) is 0.754. The highest BCUT2D eigenvalue weighted by Crippen LogP contribution is 2.23. The molecule has 0 unspecified atom stereocenters. The molecule has 106 valence electrons. The number of carbonyl (C=O) groups excluding carboxylic acids is 1. The van der Waals surface area contributed by atoms with Gasteiger partial charge in [-0.2, -0.15) is 0 Å². The summed E-state index contributed by atoms with van der Waals surface area (Å²) in [6, 6.07) is 13.8. The number of para-hydroxylation sites is 2. The van der Waals surface area contributed by atoms with Crippen molar-refractivity contribution in [3.63, 3.8) is 0 Å². The lowest BCUT2D eigenvalue weighted by Crippen LogP contribution is -2.15. The Morgan fingerprint density at radius 2 is 1.67 bits per heavy atom. The van der Waals surface area contributed by atoms with E-state index < -0.39 is 0 Å². The fourth-order valence-electron chi connectivity index (χ4n) is 2.73. The van der Waals surface area contributed by atoms with E-state index >= 15 is 0 Å². The minimum Gasteiger partial charge on any atom is -0.350 e. The SMILES string of the molecule is Cc1cccc(C)c1NC(=O)c1cccc2ccn(C)c12. The molecule has 3 heteroatoms. The van der Waals surface area contributed by atoms with Crippen LogP contribution < -0.4 is 5.32 Å². The highest BCUT2D eigenvalue weighted by Gasteiger charge is 2.14. The number of anilines is 1. The lowest BCUT2D eigenvalue weighted by Gasteiger charge is -2.12. The van der Waals surface area contributed by atoms with Crippen LogP contribution in [0.3, 0.4) is 0 Å². The van der Waals surface area contributed by atoms with E-state index in [2.05, 4.69) is 5.32 Å². The van der Waals surface area contributed by atoms with E-state index in [0.29, 0.717) is 5.56 Å². The Kier molecular flexibility index (Phi) is 3.26. The average Bonchev–Trinajstić information content (AvgIpc) is 2.85. The van der Waals surface area contributed by atoms with Gasteiger partial charge in [-0.1, -0.05) is 30.3 Å². The first-order valence-corrected chi connectivity index (χ1v) is 6.99. The second-order valence-corrected chi connectivity index (χ2v) is 5.39. The Balaban J connectivity index is 2.04. The first kappa shape index (κ1) is 13.4. The molecule has 2 aromatic carbocycles. The number of rotatable bonds is 2. The molecule has 0 aliphatic heterocycles. The van der Waals surface area contributed by atoms with Crippen molar-refractivity contribution < 1.29 is 4.79 Å². The highest BCUT2D eigenvalue weighted by atomic mass is 16.1. The number of nitrogens with zero attached hydrogens (tertiary/aromatic N) is 1. The molecule has 0 aliphatic carbocycles. The van der Waals surface area contributed by atoms with E-state index in [1.54, 1.807) is 0 Å². The number of benzene rings is 2. The zero-order chi connectivity index (χ0) is 15.0. The number of hydrogen-bond donors (Lipinski definition) is 1. The molecule has 0 saturated heterocycles. The van der Waals surface area contributed by atoms with E-state index in [4.69, 9.17) is 0 Å². The fourth-order valence-corrected chi connectivity index (χ4v) is 2.73. The predicted molar refractivity (Wildman–Crippen MR) is 86.8 cm³/mol. The van der Waals surface area contributed by atoms with Crippen molar-refractivity contribution in [2.45, 2.75) is 13.8 Å². The molecule has 3 aromatic rings. The molecule has 3 nitrogen and oxygen atoms in total. The summed E-state index contributed by atoms with van der Waals surface area (Å²) in [5.74, 6) is -0.0696. The normalized spacial score (nSPS) is 10.8. The molecule has 0 aliphatic rings.